The monoisotopic (exact) mass is 716 g/mol. The first-order chi connectivity index (χ1) is 20.7. The quantitative estimate of drug-likeness (QED) is 0.170. The van der Waals surface area contributed by atoms with Crippen molar-refractivity contribution in [2.45, 2.75) is 23.9 Å². The van der Waals surface area contributed by atoms with Crippen LogP contribution >= 0.6 is 15.9 Å². The molecule has 0 radical (unpaired) electrons. The van der Waals surface area contributed by atoms with Gasteiger partial charge in [0.25, 0.3) is 0 Å². The minimum Gasteiger partial charge on any atom is -0.255 e. The topological polar surface area (TPSA) is 34.1 Å². The average Bonchev–Trinajstić information content (AvgIpc) is 2.97. The van der Waals surface area contributed by atoms with E-state index in [1.165, 1.54) is 65.4 Å². The van der Waals surface area contributed by atoms with Crippen LogP contribution in [0.1, 0.15) is 33.4 Å². The summed E-state index contributed by atoms with van der Waals surface area (Å²) >= 11 is 3.32. The maximum atomic E-state index is 12.7. The second kappa shape index (κ2) is 16.1. The molecule has 0 heterocycles. The van der Waals surface area contributed by atoms with Gasteiger partial charge in [0, 0.05) is 15.3 Å². The van der Waals surface area contributed by atoms with Gasteiger partial charge in [-0.25, -0.2) is 4.39 Å². The Morgan fingerprint density at radius 3 is 1.57 bits per heavy atom. The molecule has 4 aromatic rings. The molecule has 0 bridgehead atoms. The second-order valence-electron chi connectivity index (χ2n) is 9.15. The molecule has 0 amide bonds. The van der Waals surface area contributed by atoms with Crippen LogP contribution in [-0.2, 0) is 45.5 Å². The third kappa shape index (κ3) is 12.3. The van der Waals surface area contributed by atoms with Crippen molar-refractivity contribution in [1.82, 2.24) is 0 Å². The van der Waals surface area contributed by atoms with Gasteiger partial charge in [-0.1, -0.05) is 64.5 Å². The number of hydrogen-bond acceptors (Lipinski definition) is 2. The molecule has 0 saturated carbocycles. The van der Waals surface area contributed by atoms with Gasteiger partial charge in [-0.3, -0.25) is 8.42 Å². The normalized spacial score (nSPS) is 13.5. The number of hydrogen-bond donors (Lipinski definition) is 0. The standard InChI is InChI=1S/C16H12BrF3OS.C16H12F4OS/c17-15-7-3-13(4-8-15)11-22(21)10-9-12-1-5-14(6-2-12)16(18,19)20;17-15-6-4-13(5-7-15)11-22(21)9-8-12-2-1-3-14(10-12)16(18,19)20/h2*1-10H,11H2/b10-9+;9-8+. The van der Waals surface area contributed by atoms with Crippen LogP contribution in [-0.4, -0.2) is 8.42 Å². The molecule has 12 heteroatoms. The molecule has 2 unspecified atom stereocenters. The molecule has 0 aliphatic rings. The van der Waals surface area contributed by atoms with E-state index < -0.39 is 45.1 Å². The Morgan fingerprint density at radius 1 is 0.591 bits per heavy atom. The molecule has 0 N–H and O–H groups in total. The van der Waals surface area contributed by atoms with Gasteiger partial charge in [-0.15, -0.1) is 0 Å². The molecule has 0 spiro atoms. The lowest BCUT2D eigenvalue weighted by Crippen LogP contribution is -2.04. The molecule has 4 aromatic carbocycles. The molecule has 0 saturated heterocycles. The summed E-state index contributed by atoms with van der Waals surface area (Å²) in [4.78, 5) is 0. The highest BCUT2D eigenvalue weighted by Crippen LogP contribution is 2.30. The van der Waals surface area contributed by atoms with Crippen molar-refractivity contribution in [3.8, 4) is 0 Å². The number of rotatable bonds is 8. The third-order valence-corrected chi connectivity index (χ3v) is 8.36. The first-order valence-electron chi connectivity index (χ1n) is 12.6. The Bertz CT molecular complexity index is 1610. The molecule has 4 rings (SSSR count). The molecule has 44 heavy (non-hydrogen) atoms. The van der Waals surface area contributed by atoms with Crippen molar-refractivity contribution in [2.75, 3.05) is 0 Å². The molecule has 0 aliphatic heterocycles. The van der Waals surface area contributed by atoms with Crippen LogP contribution in [0.15, 0.2) is 112 Å². The first kappa shape index (κ1) is 35.1. The zero-order valence-corrected chi connectivity index (χ0v) is 25.8. The van der Waals surface area contributed by atoms with Crippen LogP contribution in [0.3, 0.4) is 0 Å². The van der Waals surface area contributed by atoms with E-state index in [0.717, 1.165) is 34.3 Å². The van der Waals surface area contributed by atoms with Crippen LogP contribution in [0, 0.1) is 5.82 Å². The van der Waals surface area contributed by atoms with Gasteiger partial charge in [0.15, 0.2) is 0 Å². The lowest BCUT2D eigenvalue weighted by atomic mass is 10.1. The van der Waals surface area contributed by atoms with Crippen LogP contribution in [0.25, 0.3) is 12.2 Å². The van der Waals surface area contributed by atoms with E-state index in [2.05, 4.69) is 15.9 Å². The van der Waals surface area contributed by atoms with Crippen LogP contribution in [0.2, 0.25) is 0 Å². The highest BCUT2D eigenvalue weighted by Gasteiger charge is 2.30. The average molecular weight is 718 g/mol. The minimum absolute atomic E-state index is 0.176. The minimum atomic E-state index is -4.41. The molecular formula is C32H24BrF7O2S2. The Morgan fingerprint density at radius 2 is 1.07 bits per heavy atom. The Balaban J connectivity index is 0.000000240. The van der Waals surface area contributed by atoms with Crippen LogP contribution in [0.5, 0.6) is 0 Å². The fourth-order valence-electron chi connectivity index (χ4n) is 3.50. The summed E-state index contributed by atoms with van der Waals surface area (Å²) in [7, 11) is -2.61. The summed E-state index contributed by atoms with van der Waals surface area (Å²) in [5, 5.41) is 2.82. The van der Waals surface area contributed by atoms with Crippen molar-refractivity contribution in [3.63, 3.8) is 0 Å². The van der Waals surface area contributed by atoms with Gasteiger partial charge in [-0.05, 0) is 82.9 Å². The summed E-state index contributed by atoms with van der Waals surface area (Å²) in [6.07, 6.45) is -5.80. The zero-order chi connectivity index (χ0) is 32.3. The second-order valence-corrected chi connectivity index (χ2v) is 12.7. The molecule has 2 atom stereocenters. The Hall–Kier alpha value is -3.35. The Labute approximate surface area is 263 Å². The lowest BCUT2D eigenvalue weighted by molar-refractivity contribution is -0.138. The highest BCUT2D eigenvalue weighted by atomic mass is 79.9. The van der Waals surface area contributed by atoms with Crippen molar-refractivity contribution >= 4 is 49.7 Å². The van der Waals surface area contributed by atoms with Gasteiger partial charge in [0.2, 0.25) is 0 Å². The van der Waals surface area contributed by atoms with Gasteiger partial charge in [-0.2, -0.15) is 26.3 Å². The van der Waals surface area contributed by atoms with E-state index >= 15 is 0 Å². The number of halogens is 8. The molecule has 232 valence electrons. The maximum absolute atomic E-state index is 12.7. The van der Waals surface area contributed by atoms with Gasteiger partial charge in [0.1, 0.15) is 5.82 Å². The maximum Gasteiger partial charge on any atom is 0.416 e. The molecule has 2 nitrogen and oxygen atoms in total. The largest absolute Gasteiger partial charge is 0.416 e. The van der Waals surface area contributed by atoms with Gasteiger partial charge in [0.05, 0.1) is 44.2 Å². The number of alkyl halides is 6. The summed E-state index contributed by atoms with van der Waals surface area (Å²) in [6.45, 7) is 0. The van der Waals surface area contributed by atoms with Crippen molar-refractivity contribution in [1.29, 1.82) is 0 Å². The summed E-state index contributed by atoms with van der Waals surface area (Å²) in [6, 6.07) is 22.6. The van der Waals surface area contributed by atoms with Crippen molar-refractivity contribution in [2.24, 2.45) is 0 Å². The van der Waals surface area contributed by atoms with E-state index in [4.69, 9.17) is 0 Å². The molecule has 0 fully saturated rings. The van der Waals surface area contributed by atoms with E-state index in [9.17, 15) is 39.2 Å². The smallest absolute Gasteiger partial charge is 0.255 e. The summed E-state index contributed by atoms with van der Waals surface area (Å²) in [5.74, 6) is 0.161. The SMILES string of the molecule is O=S(/C=C/c1ccc(C(F)(F)F)cc1)Cc1ccc(Br)cc1.O=S(/C=C/c1cccc(C(F)(F)F)c1)Cc1ccc(F)cc1. The highest BCUT2D eigenvalue weighted by molar-refractivity contribution is 9.10. The lowest BCUT2D eigenvalue weighted by Gasteiger charge is -2.06. The van der Waals surface area contributed by atoms with Gasteiger partial charge < -0.3 is 0 Å². The van der Waals surface area contributed by atoms with E-state index in [-0.39, 0.29) is 11.6 Å². The third-order valence-electron chi connectivity index (χ3n) is 5.72. The fourth-order valence-corrected chi connectivity index (χ4v) is 5.61. The predicted octanol–water partition coefficient (Wildman–Crippen LogP) is 10.2. The van der Waals surface area contributed by atoms with E-state index in [1.54, 1.807) is 6.08 Å². The number of benzene rings is 4. The Kier molecular flexibility index (Phi) is 12.9. The van der Waals surface area contributed by atoms with Crippen LogP contribution in [0.4, 0.5) is 30.7 Å². The fraction of sp³-hybridized carbons (Fsp3) is 0.125. The van der Waals surface area contributed by atoms with E-state index in [0.29, 0.717) is 22.4 Å². The summed E-state index contributed by atoms with van der Waals surface area (Å²) < 4.78 is 113. The molecule has 0 aromatic heterocycles. The zero-order valence-electron chi connectivity index (χ0n) is 22.6. The molecule has 0 aliphatic carbocycles. The first-order valence-corrected chi connectivity index (χ1v) is 16.2. The summed E-state index contributed by atoms with van der Waals surface area (Å²) in [5.41, 5.74) is 1.08. The van der Waals surface area contributed by atoms with E-state index in [1.807, 2.05) is 24.3 Å². The molecular weight excluding hydrogens is 693 g/mol. The van der Waals surface area contributed by atoms with Crippen LogP contribution < -0.4 is 0 Å². The van der Waals surface area contributed by atoms with Crippen molar-refractivity contribution in [3.05, 3.63) is 152 Å². The van der Waals surface area contributed by atoms with Gasteiger partial charge >= 0.3 is 12.4 Å². The van der Waals surface area contributed by atoms with Crippen molar-refractivity contribution < 1.29 is 39.2 Å². The predicted molar refractivity (Wildman–Crippen MR) is 165 cm³/mol.